The number of anilines is 1. The molecule has 0 spiro atoms. The molecule has 0 fully saturated rings. The normalized spacial score (nSPS) is 19.3. The number of aliphatic hydroxyl groups excluding tert-OH is 1. The second-order valence-electron chi connectivity index (χ2n) is 9.13. The first-order chi connectivity index (χ1) is 17.4. The third kappa shape index (κ3) is 4.20. The highest BCUT2D eigenvalue weighted by Gasteiger charge is 2.43. The Morgan fingerprint density at radius 1 is 1.00 bits per heavy atom. The van der Waals surface area contributed by atoms with Crippen LogP contribution in [0, 0.1) is 12.3 Å². The highest BCUT2D eigenvalue weighted by Crippen LogP contribution is 2.48. The van der Waals surface area contributed by atoms with Gasteiger partial charge in [0.2, 0.25) is 0 Å². The first-order valence-corrected chi connectivity index (χ1v) is 12.3. The number of hydrogen-bond donors (Lipinski definition) is 2. The van der Waals surface area contributed by atoms with E-state index in [1.165, 1.54) is 0 Å². The van der Waals surface area contributed by atoms with Crippen LogP contribution in [0.4, 0.5) is 5.69 Å². The van der Waals surface area contributed by atoms with Crippen molar-refractivity contribution in [2.75, 3.05) is 12.0 Å². The fourth-order valence-corrected chi connectivity index (χ4v) is 5.19. The molecule has 1 aliphatic heterocycles. The van der Waals surface area contributed by atoms with Gasteiger partial charge in [-0.05, 0) is 61.7 Å². The molecule has 0 unspecified atom stereocenters. The number of hydrogen-bond acceptors (Lipinski definition) is 4. The fourth-order valence-electron chi connectivity index (χ4n) is 5.06. The van der Waals surface area contributed by atoms with Crippen molar-refractivity contribution in [3.8, 4) is 5.75 Å². The molecular formula is C30H27ClN2O3. The Kier molecular flexibility index (Phi) is 6.42. The molecule has 3 aromatic carbocycles. The molecule has 5 rings (SSSR count). The lowest BCUT2D eigenvalue weighted by Crippen LogP contribution is -2.42. The van der Waals surface area contributed by atoms with Gasteiger partial charge in [0.15, 0.2) is 5.78 Å². The van der Waals surface area contributed by atoms with Crippen LogP contribution in [0.15, 0.2) is 89.6 Å². The second-order valence-corrected chi connectivity index (χ2v) is 9.57. The first kappa shape index (κ1) is 23.9. The Balaban J connectivity index is 1.80. The van der Waals surface area contributed by atoms with Crippen LogP contribution < -0.4 is 9.64 Å². The van der Waals surface area contributed by atoms with Crippen LogP contribution in [0.3, 0.4) is 0 Å². The third-order valence-electron chi connectivity index (χ3n) is 6.87. The van der Waals surface area contributed by atoms with Gasteiger partial charge in [0, 0.05) is 45.5 Å². The lowest BCUT2D eigenvalue weighted by atomic mass is 9.73. The fraction of sp³-hybridized carbons (Fsp3) is 0.200. The van der Waals surface area contributed by atoms with Crippen LogP contribution in [0.2, 0.25) is 5.02 Å². The van der Waals surface area contributed by atoms with E-state index in [1.54, 1.807) is 24.1 Å². The van der Waals surface area contributed by atoms with Gasteiger partial charge >= 0.3 is 0 Å². The monoisotopic (exact) mass is 498 g/mol. The average molecular weight is 499 g/mol. The molecule has 0 amide bonds. The molecule has 5 nitrogen and oxygen atoms in total. The van der Waals surface area contributed by atoms with E-state index in [-0.39, 0.29) is 17.4 Å². The third-order valence-corrected chi connectivity index (χ3v) is 7.12. The maximum absolute atomic E-state index is 13.5. The zero-order valence-electron chi connectivity index (χ0n) is 20.2. The number of carbonyl (C=O) groups is 1. The number of rotatable bonds is 4. The summed E-state index contributed by atoms with van der Waals surface area (Å²) in [6.07, 6.45) is 1.82. The van der Waals surface area contributed by atoms with Crippen LogP contribution in [0.5, 0.6) is 5.75 Å². The number of aliphatic hydroxyl groups is 1. The number of amidine groups is 1. The summed E-state index contributed by atoms with van der Waals surface area (Å²) in [6, 6.07) is 22.3. The zero-order chi connectivity index (χ0) is 25.4. The molecule has 1 aliphatic carbocycles. The Morgan fingerprint density at radius 3 is 2.31 bits per heavy atom. The summed E-state index contributed by atoms with van der Waals surface area (Å²) < 4.78 is 5.34. The van der Waals surface area contributed by atoms with Crippen molar-refractivity contribution in [1.82, 2.24) is 0 Å². The summed E-state index contributed by atoms with van der Waals surface area (Å²) in [5.41, 5.74) is 5.06. The number of nitrogens with zero attached hydrogens (tertiary/aromatic N) is 1. The van der Waals surface area contributed by atoms with Crippen LogP contribution >= 0.6 is 11.6 Å². The van der Waals surface area contributed by atoms with Crippen LogP contribution in [-0.2, 0) is 4.79 Å². The summed E-state index contributed by atoms with van der Waals surface area (Å²) in [7, 11) is 1.61. The molecule has 0 saturated carbocycles. The molecule has 182 valence electrons. The number of benzene rings is 3. The molecule has 0 aromatic heterocycles. The summed E-state index contributed by atoms with van der Waals surface area (Å²) >= 11 is 6.15. The first-order valence-electron chi connectivity index (χ1n) is 11.9. The topological polar surface area (TPSA) is 73.6 Å². The molecule has 0 saturated heterocycles. The van der Waals surface area contributed by atoms with Crippen LogP contribution in [-0.4, -0.2) is 23.8 Å². The summed E-state index contributed by atoms with van der Waals surface area (Å²) in [6.45, 7) is 1.98. The van der Waals surface area contributed by atoms with E-state index >= 15 is 0 Å². The largest absolute Gasteiger partial charge is 0.507 e. The van der Waals surface area contributed by atoms with Gasteiger partial charge in [0.1, 0.15) is 17.3 Å². The van der Waals surface area contributed by atoms with Gasteiger partial charge in [-0.25, -0.2) is 0 Å². The highest BCUT2D eigenvalue weighted by atomic mass is 35.5. The summed E-state index contributed by atoms with van der Waals surface area (Å²) in [5.74, 6) is 0.299. The van der Waals surface area contributed by atoms with Crippen molar-refractivity contribution in [3.63, 3.8) is 0 Å². The number of aryl methyl sites for hydroxylation is 1. The molecule has 36 heavy (non-hydrogen) atoms. The second kappa shape index (κ2) is 9.67. The molecule has 1 heterocycles. The van der Waals surface area contributed by atoms with Gasteiger partial charge in [0.25, 0.3) is 0 Å². The Hall–Kier alpha value is -3.83. The predicted octanol–water partition coefficient (Wildman–Crippen LogP) is 7.21. The van der Waals surface area contributed by atoms with Crippen molar-refractivity contribution in [3.05, 3.63) is 111 Å². The lowest BCUT2D eigenvalue weighted by molar-refractivity contribution is -0.116. The molecule has 6 heteroatoms. The van der Waals surface area contributed by atoms with Crippen molar-refractivity contribution in [2.45, 2.75) is 32.1 Å². The summed E-state index contributed by atoms with van der Waals surface area (Å²) in [4.78, 5) is 15.3. The van der Waals surface area contributed by atoms with E-state index in [0.717, 1.165) is 22.5 Å². The van der Waals surface area contributed by atoms with E-state index in [4.69, 9.17) is 16.3 Å². The van der Waals surface area contributed by atoms with E-state index < -0.39 is 5.92 Å². The zero-order valence-corrected chi connectivity index (χ0v) is 21.0. The van der Waals surface area contributed by atoms with Crippen LogP contribution in [0.25, 0.3) is 5.76 Å². The maximum atomic E-state index is 13.5. The predicted molar refractivity (Wildman–Crippen MR) is 144 cm³/mol. The average Bonchev–Trinajstić information content (AvgIpc) is 2.89. The molecule has 0 bridgehead atoms. The van der Waals surface area contributed by atoms with Gasteiger partial charge in [0.05, 0.1) is 7.11 Å². The van der Waals surface area contributed by atoms with Gasteiger partial charge in [-0.3, -0.25) is 15.1 Å². The molecular weight excluding hydrogens is 472 g/mol. The number of Topliss-reactive ketones (excluding diaryl/α,β-unsaturated/α-hetero) is 1. The van der Waals surface area contributed by atoms with Gasteiger partial charge in [-0.1, -0.05) is 53.6 Å². The van der Waals surface area contributed by atoms with E-state index in [9.17, 15) is 15.3 Å². The molecule has 0 radical (unpaired) electrons. The Morgan fingerprint density at radius 2 is 1.67 bits per heavy atom. The van der Waals surface area contributed by atoms with Gasteiger partial charge in [-0.2, -0.15) is 0 Å². The minimum Gasteiger partial charge on any atom is -0.507 e. The van der Waals surface area contributed by atoms with Crippen molar-refractivity contribution in [2.24, 2.45) is 0 Å². The number of nitrogens with one attached hydrogen (secondary N) is 1. The SMILES string of the molecule is COc1ccc([C@@H]2C(=C(O)c3ccc(C)cc3)C(=N)N(c3ccc(Cl)cc3)C3=C2C(=O)CCC3)cc1. The molecule has 3 aromatic rings. The van der Waals surface area contributed by atoms with Crippen molar-refractivity contribution < 1.29 is 14.6 Å². The lowest BCUT2D eigenvalue weighted by Gasteiger charge is -2.41. The maximum Gasteiger partial charge on any atom is 0.161 e. The number of halogens is 1. The Bertz CT molecular complexity index is 1390. The Labute approximate surface area is 215 Å². The van der Waals surface area contributed by atoms with Crippen molar-refractivity contribution in [1.29, 1.82) is 5.41 Å². The number of ether oxygens (including phenoxy) is 1. The van der Waals surface area contributed by atoms with E-state index in [1.807, 2.05) is 67.6 Å². The van der Waals surface area contributed by atoms with E-state index in [2.05, 4.69) is 0 Å². The molecule has 2 aliphatic rings. The number of allylic oxidation sites excluding steroid dienone is 2. The quantitative estimate of drug-likeness (QED) is 0.372. The highest BCUT2D eigenvalue weighted by molar-refractivity contribution is 6.30. The van der Waals surface area contributed by atoms with Crippen LogP contribution in [0.1, 0.15) is 41.9 Å². The van der Waals surface area contributed by atoms with Gasteiger partial charge < -0.3 is 9.84 Å². The number of carbonyl (C=O) groups excluding carboxylic acids is 1. The van der Waals surface area contributed by atoms with E-state index in [0.29, 0.717) is 46.7 Å². The standard InChI is InChI=1S/C30H27ClN2O3/c1-18-6-8-20(9-7-18)29(35)28-26(19-10-16-23(36-2)17-11-19)27-24(4-3-5-25(27)34)33(30(28)32)22-14-12-21(31)13-15-22/h6-17,26,32,35H,3-5H2,1-2H3/t26-/m0/s1. The smallest absolute Gasteiger partial charge is 0.161 e. The summed E-state index contributed by atoms with van der Waals surface area (Å²) in [5, 5.41) is 21.6. The minimum absolute atomic E-state index is 0.00953. The van der Waals surface area contributed by atoms with Crippen molar-refractivity contribution >= 4 is 34.7 Å². The number of methoxy groups -OCH3 is 1. The molecule has 2 N–H and O–H groups in total. The number of ketones is 1. The minimum atomic E-state index is -0.573. The molecule has 1 atom stereocenters. The van der Waals surface area contributed by atoms with Gasteiger partial charge in [-0.15, -0.1) is 0 Å².